The SMILES string of the molecule is Cc1nn(C)c(C)c1CCCN(C)c1ccc(NS(C)(=O)=O)cc1C(=O)O. The number of hydrogen-bond donors (Lipinski definition) is 2. The highest BCUT2D eigenvalue weighted by Gasteiger charge is 2.16. The van der Waals surface area contributed by atoms with Crippen molar-refractivity contribution in [2.24, 2.45) is 7.05 Å². The van der Waals surface area contributed by atoms with Gasteiger partial charge in [0.1, 0.15) is 0 Å². The molecule has 0 spiro atoms. The molecule has 0 saturated heterocycles. The van der Waals surface area contributed by atoms with E-state index in [4.69, 9.17) is 0 Å². The first-order valence-corrected chi connectivity index (χ1v) is 10.4. The lowest BCUT2D eigenvalue weighted by Crippen LogP contribution is -2.22. The molecule has 27 heavy (non-hydrogen) atoms. The number of hydrogen-bond acceptors (Lipinski definition) is 5. The fraction of sp³-hybridized carbons (Fsp3) is 0.444. The number of aryl methyl sites for hydroxylation is 2. The molecule has 0 aliphatic heterocycles. The Hall–Kier alpha value is -2.55. The molecule has 0 saturated carbocycles. The number of benzene rings is 1. The Bertz CT molecular complexity index is 951. The van der Waals surface area contributed by atoms with E-state index >= 15 is 0 Å². The molecule has 0 bridgehead atoms. The normalized spacial score (nSPS) is 11.4. The number of carboxylic acid groups (broad SMARTS) is 1. The maximum absolute atomic E-state index is 11.6. The first kappa shape index (κ1) is 20.8. The molecule has 0 radical (unpaired) electrons. The van der Waals surface area contributed by atoms with Crippen LogP contribution in [-0.4, -0.2) is 49.1 Å². The molecule has 0 aliphatic rings. The molecule has 2 rings (SSSR count). The Labute approximate surface area is 159 Å². The summed E-state index contributed by atoms with van der Waals surface area (Å²) in [6.07, 6.45) is 2.72. The van der Waals surface area contributed by atoms with Crippen molar-refractivity contribution in [2.45, 2.75) is 26.7 Å². The van der Waals surface area contributed by atoms with Gasteiger partial charge in [0.2, 0.25) is 10.0 Å². The summed E-state index contributed by atoms with van der Waals surface area (Å²) in [6, 6.07) is 4.52. The first-order chi connectivity index (χ1) is 12.5. The van der Waals surface area contributed by atoms with E-state index in [0.29, 0.717) is 12.2 Å². The number of nitrogens with zero attached hydrogens (tertiary/aromatic N) is 3. The van der Waals surface area contributed by atoms with Gasteiger partial charge in [-0.2, -0.15) is 5.10 Å². The zero-order valence-electron chi connectivity index (χ0n) is 16.3. The van der Waals surface area contributed by atoms with Crippen molar-refractivity contribution in [1.82, 2.24) is 9.78 Å². The second-order valence-electron chi connectivity index (χ2n) is 6.71. The molecule has 1 heterocycles. The van der Waals surface area contributed by atoms with Gasteiger partial charge < -0.3 is 10.0 Å². The third-order valence-electron chi connectivity index (χ3n) is 4.52. The lowest BCUT2D eigenvalue weighted by Gasteiger charge is -2.22. The molecule has 0 unspecified atom stereocenters. The van der Waals surface area contributed by atoms with Crippen molar-refractivity contribution in [2.75, 3.05) is 29.5 Å². The molecule has 1 aromatic heterocycles. The standard InChI is InChI=1S/C18H26N4O4S/c1-12-15(13(2)22(4)19-12)7-6-10-21(3)17-9-8-14(20-27(5,25)26)11-16(17)18(23)24/h8-9,11,20H,6-7,10H2,1-5H3,(H,23,24). The van der Waals surface area contributed by atoms with E-state index < -0.39 is 16.0 Å². The van der Waals surface area contributed by atoms with Gasteiger partial charge in [0.25, 0.3) is 0 Å². The second kappa shape index (κ2) is 7.99. The molecule has 0 fully saturated rings. The van der Waals surface area contributed by atoms with Gasteiger partial charge in [-0.05, 0) is 50.5 Å². The zero-order valence-corrected chi connectivity index (χ0v) is 17.1. The number of carbonyl (C=O) groups is 1. The molecular weight excluding hydrogens is 368 g/mol. The van der Waals surface area contributed by atoms with Gasteiger partial charge in [-0.25, -0.2) is 13.2 Å². The molecule has 9 heteroatoms. The quantitative estimate of drug-likeness (QED) is 0.711. The van der Waals surface area contributed by atoms with E-state index in [9.17, 15) is 18.3 Å². The molecule has 0 atom stereocenters. The molecule has 2 N–H and O–H groups in total. The van der Waals surface area contributed by atoms with Gasteiger partial charge in [-0.3, -0.25) is 9.40 Å². The highest BCUT2D eigenvalue weighted by atomic mass is 32.2. The lowest BCUT2D eigenvalue weighted by atomic mass is 10.1. The highest BCUT2D eigenvalue weighted by molar-refractivity contribution is 7.92. The van der Waals surface area contributed by atoms with E-state index in [2.05, 4.69) is 9.82 Å². The van der Waals surface area contributed by atoms with Crippen molar-refractivity contribution < 1.29 is 18.3 Å². The van der Waals surface area contributed by atoms with Crippen LogP contribution >= 0.6 is 0 Å². The predicted molar refractivity (Wildman–Crippen MR) is 106 cm³/mol. The maximum atomic E-state index is 11.6. The van der Waals surface area contributed by atoms with E-state index in [1.807, 2.05) is 37.5 Å². The minimum Gasteiger partial charge on any atom is -0.478 e. The van der Waals surface area contributed by atoms with Crippen LogP contribution in [0.5, 0.6) is 0 Å². The summed E-state index contributed by atoms with van der Waals surface area (Å²) >= 11 is 0. The highest BCUT2D eigenvalue weighted by Crippen LogP contribution is 2.25. The number of aromatic carboxylic acids is 1. The zero-order chi connectivity index (χ0) is 20.4. The minimum absolute atomic E-state index is 0.0555. The van der Waals surface area contributed by atoms with Crippen LogP contribution in [-0.2, 0) is 23.5 Å². The number of anilines is 2. The molecule has 148 valence electrons. The molecule has 1 aromatic carbocycles. The first-order valence-electron chi connectivity index (χ1n) is 8.55. The number of carboxylic acids is 1. The Balaban J connectivity index is 2.13. The lowest BCUT2D eigenvalue weighted by molar-refractivity contribution is 0.0697. The predicted octanol–water partition coefficient (Wildman–Crippen LogP) is 2.18. The van der Waals surface area contributed by atoms with E-state index in [-0.39, 0.29) is 11.3 Å². The fourth-order valence-electron chi connectivity index (χ4n) is 3.11. The van der Waals surface area contributed by atoms with Gasteiger partial charge in [-0.15, -0.1) is 0 Å². The largest absolute Gasteiger partial charge is 0.478 e. The summed E-state index contributed by atoms with van der Waals surface area (Å²) < 4.78 is 26.9. The summed E-state index contributed by atoms with van der Waals surface area (Å²) in [7, 11) is 0.279. The monoisotopic (exact) mass is 394 g/mol. The fourth-order valence-corrected chi connectivity index (χ4v) is 3.67. The van der Waals surface area contributed by atoms with Crippen LogP contribution < -0.4 is 9.62 Å². The smallest absolute Gasteiger partial charge is 0.337 e. The second-order valence-corrected chi connectivity index (χ2v) is 8.46. The van der Waals surface area contributed by atoms with Gasteiger partial charge in [0.15, 0.2) is 0 Å². The Morgan fingerprint density at radius 3 is 2.52 bits per heavy atom. The molecule has 8 nitrogen and oxygen atoms in total. The number of rotatable bonds is 8. The average molecular weight is 394 g/mol. The van der Waals surface area contributed by atoms with Crippen molar-refractivity contribution >= 4 is 27.4 Å². The Morgan fingerprint density at radius 1 is 1.33 bits per heavy atom. The molecule has 2 aromatic rings. The summed E-state index contributed by atoms with van der Waals surface area (Å²) in [5.74, 6) is -1.10. The Morgan fingerprint density at radius 2 is 2.00 bits per heavy atom. The van der Waals surface area contributed by atoms with Crippen LogP contribution in [0, 0.1) is 13.8 Å². The van der Waals surface area contributed by atoms with Crippen molar-refractivity contribution in [3.8, 4) is 0 Å². The van der Waals surface area contributed by atoms with Crippen LogP contribution in [0.1, 0.15) is 33.7 Å². The third kappa shape index (κ3) is 5.22. The van der Waals surface area contributed by atoms with Gasteiger partial charge in [-0.1, -0.05) is 0 Å². The van der Waals surface area contributed by atoms with Crippen LogP contribution in [0.15, 0.2) is 18.2 Å². The molecule has 0 amide bonds. The van der Waals surface area contributed by atoms with Crippen LogP contribution in [0.2, 0.25) is 0 Å². The van der Waals surface area contributed by atoms with E-state index in [1.165, 1.54) is 11.6 Å². The summed E-state index contributed by atoms with van der Waals surface area (Å²) in [5, 5.41) is 13.9. The minimum atomic E-state index is -3.47. The topological polar surface area (TPSA) is 105 Å². The third-order valence-corrected chi connectivity index (χ3v) is 5.13. The van der Waals surface area contributed by atoms with Crippen LogP contribution in [0.3, 0.4) is 0 Å². The van der Waals surface area contributed by atoms with Gasteiger partial charge in [0.05, 0.1) is 23.2 Å². The van der Waals surface area contributed by atoms with E-state index in [1.54, 1.807) is 12.1 Å². The summed E-state index contributed by atoms with van der Waals surface area (Å²) in [5.41, 5.74) is 4.20. The van der Waals surface area contributed by atoms with Crippen LogP contribution in [0.25, 0.3) is 0 Å². The van der Waals surface area contributed by atoms with Gasteiger partial charge in [0, 0.05) is 32.0 Å². The molecular formula is C18H26N4O4S. The maximum Gasteiger partial charge on any atom is 0.337 e. The van der Waals surface area contributed by atoms with Crippen molar-refractivity contribution in [3.05, 3.63) is 40.7 Å². The summed E-state index contributed by atoms with van der Waals surface area (Å²) in [6.45, 7) is 4.68. The average Bonchev–Trinajstić information content (AvgIpc) is 2.79. The summed E-state index contributed by atoms with van der Waals surface area (Å²) in [4.78, 5) is 13.5. The van der Waals surface area contributed by atoms with Crippen LogP contribution in [0.4, 0.5) is 11.4 Å². The number of nitrogens with one attached hydrogen (secondary N) is 1. The Kier molecular flexibility index (Phi) is 6.15. The van der Waals surface area contributed by atoms with E-state index in [0.717, 1.165) is 30.5 Å². The molecule has 0 aliphatic carbocycles. The number of sulfonamides is 1. The van der Waals surface area contributed by atoms with Crippen molar-refractivity contribution in [3.63, 3.8) is 0 Å². The van der Waals surface area contributed by atoms with Gasteiger partial charge >= 0.3 is 5.97 Å². The number of aromatic nitrogens is 2. The van der Waals surface area contributed by atoms with Crippen molar-refractivity contribution in [1.29, 1.82) is 0 Å².